The number of nitrogens with zero attached hydrogens (tertiary/aromatic N) is 4. The van der Waals surface area contributed by atoms with E-state index in [1.54, 1.807) is 40.5 Å². The van der Waals surface area contributed by atoms with Gasteiger partial charge in [-0.15, -0.1) is 22.7 Å². The zero-order valence-corrected chi connectivity index (χ0v) is 35.2. The van der Waals surface area contributed by atoms with E-state index in [1.807, 2.05) is 59.5 Å². The van der Waals surface area contributed by atoms with Crippen molar-refractivity contribution < 1.29 is 18.0 Å². The smallest absolute Gasteiger partial charge is 0.243 e. The average molecular weight is 799 g/mol. The van der Waals surface area contributed by atoms with Crippen LogP contribution in [-0.4, -0.2) is 65.5 Å². The van der Waals surface area contributed by atoms with Crippen LogP contribution in [0.3, 0.4) is 0 Å². The molecule has 1 aliphatic heterocycles. The number of rotatable bonds is 11. The van der Waals surface area contributed by atoms with Crippen molar-refractivity contribution in [2.24, 2.45) is 11.8 Å². The Morgan fingerprint density at radius 3 is 1.92 bits per heavy atom. The lowest BCUT2D eigenvalue weighted by Gasteiger charge is -2.32. The highest BCUT2D eigenvalue weighted by Gasteiger charge is 2.31. The van der Waals surface area contributed by atoms with Crippen molar-refractivity contribution in [3.63, 3.8) is 0 Å². The van der Waals surface area contributed by atoms with E-state index < -0.39 is 10.0 Å². The molecular weight excluding hydrogens is 745 g/mol. The first-order valence-electron chi connectivity index (χ1n) is 18.6. The lowest BCUT2D eigenvalue weighted by molar-refractivity contribution is -0.120. The third kappa shape index (κ3) is 11.9. The number of anilines is 2. The van der Waals surface area contributed by atoms with Crippen LogP contribution in [-0.2, 0) is 19.6 Å². The molecule has 2 aromatic heterocycles. The first-order valence-corrected chi connectivity index (χ1v) is 22.5. The number of nitrogens with one attached hydrogen (secondary N) is 2. The van der Waals surface area contributed by atoms with Gasteiger partial charge in [0.1, 0.15) is 0 Å². The minimum atomic E-state index is -3.47. The van der Waals surface area contributed by atoms with Crippen molar-refractivity contribution in [3.8, 4) is 22.5 Å². The second-order valence-electron chi connectivity index (χ2n) is 13.3. The summed E-state index contributed by atoms with van der Waals surface area (Å²) in [7, 11) is 0.577. The zero-order valence-electron chi connectivity index (χ0n) is 31.9. The molecule has 288 valence electrons. The van der Waals surface area contributed by atoms with E-state index in [1.165, 1.54) is 40.4 Å². The maximum atomic E-state index is 12.9. The fraction of sp³-hybridized carbons (Fsp3) is 0.487. The number of thiazole rings is 2. The molecule has 2 atom stereocenters. The lowest BCUT2D eigenvalue weighted by atomic mass is 10.1. The van der Waals surface area contributed by atoms with Crippen LogP contribution in [0.5, 0.6) is 0 Å². The van der Waals surface area contributed by atoms with E-state index in [0.29, 0.717) is 21.7 Å². The fourth-order valence-corrected chi connectivity index (χ4v) is 9.82. The molecule has 1 saturated carbocycles. The Kier molecular flexibility index (Phi) is 16.5. The molecule has 0 spiro atoms. The molecule has 2 fully saturated rings. The molecule has 0 radical (unpaired) electrons. The molecule has 6 rings (SSSR count). The van der Waals surface area contributed by atoms with E-state index in [0.717, 1.165) is 61.0 Å². The first-order chi connectivity index (χ1) is 25.4. The molecular formula is C39H54N6O4S4. The summed E-state index contributed by atoms with van der Waals surface area (Å²) in [5, 5.41) is 10.9. The fourth-order valence-electron chi connectivity index (χ4n) is 6.00. The van der Waals surface area contributed by atoms with Crippen molar-refractivity contribution in [1.29, 1.82) is 0 Å². The number of amides is 2. The third-order valence-electron chi connectivity index (χ3n) is 9.19. The number of benzene rings is 2. The molecule has 2 N–H and O–H groups in total. The lowest BCUT2D eigenvalue weighted by Crippen LogP contribution is -2.41. The molecule has 2 aromatic carbocycles. The molecule has 14 heteroatoms. The Morgan fingerprint density at radius 1 is 0.868 bits per heavy atom. The van der Waals surface area contributed by atoms with E-state index in [9.17, 15) is 18.0 Å². The Balaban J connectivity index is 0.000000230. The van der Waals surface area contributed by atoms with Gasteiger partial charge in [0, 0.05) is 51.2 Å². The minimum absolute atomic E-state index is 0.0358. The highest BCUT2D eigenvalue weighted by Crippen LogP contribution is 2.31. The molecule has 1 aliphatic carbocycles. The molecule has 2 aliphatic rings. The molecule has 2 amide bonds. The van der Waals surface area contributed by atoms with Crippen LogP contribution in [0.1, 0.15) is 86.0 Å². The summed E-state index contributed by atoms with van der Waals surface area (Å²) in [6.07, 6.45) is 8.01. The van der Waals surface area contributed by atoms with Gasteiger partial charge >= 0.3 is 0 Å². The molecule has 4 aromatic rings. The Hall–Kier alpha value is -3.14. The number of hydrogen-bond acceptors (Lipinski definition) is 10. The van der Waals surface area contributed by atoms with Crippen LogP contribution in [0.4, 0.5) is 10.3 Å². The molecule has 1 saturated heterocycles. The molecule has 53 heavy (non-hydrogen) atoms. The minimum Gasteiger partial charge on any atom is -0.302 e. The van der Waals surface area contributed by atoms with Gasteiger partial charge in [0.25, 0.3) is 0 Å². The number of carbonyl (C=O) groups excluding carboxylic acids is 2. The number of sulfonamides is 1. The topological polar surface area (TPSA) is 125 Å². The van der Waals surface area contributed by atoms with Crippen LogP contribution >= 0.6 is 34.6 Å². The summed E-state index contributed by atoms with van der Waals surface area (Å²) in [6, 6.07) is 15.2. The number of carbonyl (C=O) groups is 2. The van der Waals surface area contributed by atoms with Crippen molar-refractivity contribution in [2.45, 2.75) is 102 Å². The van der Waals surface area contributed by atoms with Gasteiger partial charge in [0.15, 0.2) is 10.3 Å². The van der Waals surface area contributed by atoms with E-state index in [2.05, 4.69) is 49.2 Å². The summed E-state index contributed by atoms with van der Waals surface area (Å²) in [5.74, 6) is 0.195. The maximum absolute atomic E-state index is 12.9. The average Bonchev–Trinajstić information content (AvgIpc) is 3.96. The zero-order chi connectivity index (χ0) is 38.5. The van der Waals surface area contributed by atoms with Crippen LogP contribution in [0.2, 0.25) is 0 Å². The van der Waals surface area contributed by atoms with Gasteiger partial charge in [-0.1, -0.05) is 71.2 Å². The summed E-state index contributed by atoms with van der Waals surface area (Å²) < 4.78 is 29.5. The quantitative estimate of drug-likeness (QED) is 0.144. The molecule has 0 bridgehead atoms. The predicted octanol–water partition coefficient (Wildman–Crippen LogP) is 9.89. The molecule has 2 unspecified atom stereocenters. The number of aromatic nitrogens is 2. The van der Waals surface area contributed by atoms with Gasteiger partial charge in [-0.2, -0.15) is 4.31 Å². The summed E-state index contributed by atoms with van der Waals surface area (Å²) in [5.41, 5.74) is 3.54. The third-order valence-corrected chi connectivity index (χ3v) is 13.6. The highest BCUT2D eigenvalue weighted by molar-refractivity contribution is 7.97. The van der Waals surface area contributed by atoms with Crippen LogP contribution in [0.25, 0.3) is 22.5 Å². The SMILES string of the molecule is CC.CCC(C)C(=O)Nc1nc(-c2ccc(S(=O)(=O)N3CCCCC3C)cc2)cs1.CN(C)Sc1ccc(-c2csc(NC(=O)C3CCCC3)n2)cc1. The Bertz CT molecular complexity index is 1850. The summed E-state index contributed by atoms with van der Waals surface area (Å²) in [4.78, 5) is 34.7. The normalized spacial score (nSPS) is 16.9. The van der Waals surface area contributed by atoms with Crippen molar-refractivity contribution in [3.05, 3.63) is 59.3 Å². The van der Waals surface area contributed by atoms with E-state index in [-0.39, 0.29) is 29.7 Å². The van der Waals surface area contributed by atoms with Crippen LogP contribution < -0.4 is 10.6 Å². The second kappa shape index (κ2) is 20.5. The van der Waals surface area contributed by atoms with Gasteiger partial charge in [0.2, 0.25) is 21.8 Å². The Labute approximate surface area is 328 Å². The van der Waals surface area contributed by atoms with E-state index >= 15 is 0 Å². The van der Waals surface area contributed by atoms with Gasteiger partial charge in [0.05, 0.1) is 16.3 Å². The predicted molar refractivity (Wildman–Crippen MR) is 222 cm³/mol. The van der Waals surface area contributed by atoms with Crippen LogP contribution in [0, 0.1) is 11.8 Å². The van der Waals surface area contributed by atoms with Crippen molar-refractivity contribution >= 4 is 66.7 Å². The standard InChI is InChI=1S/C20H27N3O3S2.C17H21N3OS2.C2H6/c1-4-14(2)19(24)22-20-21-18(13-27-20)16-8-10-17(11-9-16)28(25,26)23-12-6-5-7-15(23)3;1-20(2)23-14-9-7-12(8-10-14)15-11-22-17(18-15)19-16(21)13-5-3-4-6-13;1-2/h8-11,13-15H,4-7,12H2,1-3H3,(H,21,22,24);7-11,13H,3-6H2,1-2H3,(H,18,19,21);1-2H3. The first kappa shape index (κ1) is 42.6. The largest absolute Gasteiger partial charge is 0.302 e. The van der Waals surface area contributed by atoms with Gasteiger partial charge < -0.3 is 10.6 Å². The second-order valence-corrected chi connectivity index (χ2v) is 18.2. The molecule has 3 heterocycles. The van der Waals surface area contributed by atoms with Gasteiger partial charge in [-0.3, -0.25) is 13.9 Å². The van der Waals surface area contributed by atoms with Crippen molar-refractivity contribution in [1.82, 2.24) is 18.6 Å². The number of piperidine rings is 1. The van der Waals surface area contributed by atoms with E-state index in [4.69, 9.17) is 0 Å². The molecule has 10 nitrogen and oxygen atoms in total. The summed E-state index contributed by atoms with van der Waals surface area (Å²) >= 11 is 4.54. The van der Waals surface area contributed by atoms with Crippen molar-refractivity contribution in [2.75, 3.05) is 31.3 Å². The summed E-state index contributed by atoms with van der Waals surface area (Å²) in [6.45, 7) is 10.4. The maximum Gasteiger partial charge on any atom is 0.243 e. The van der Waals surface area contributed by atoms with Gasteiger partial charge in [-0.25, -0.2) is 18.4 Å². The number of hydrogen-bond donors (Lipinski definition) is 2. The Morgan fingerprint density at radius 2 is 1.40 bits per heavy atom. The highest BCUT2D eigenvalue weighted by atomic mass is 32.2. The monoisotopic (exact) mass is 798 g/mol. The van der Waals surface area contributed by atoms with Gasteiger partial charge in [-0.05, 0) is 89.3 Å². The van der Waals surface area contributed by atoms with Crippen LogP contribution in [0.15, 0.2) is 69.1 Å².